The van der Waals surface area contributed by atoms with Crippen molar-refractivity contribution >= 4 is 34.0 Å². The standard InChI is InChI=1S/C23H25F2N7OS/c24-19(25)10-29-22(33)18-9-30-23(34-18)17-8-28-21-16(2-4-27-21)20(17)31-15-6-13-11-32(5-1-3-26)12-14(13)7-15/h2,4,8-9,13-15,19H,1,5-7,10-12H2,(H,29,33)(H2,27,28,31)/t13-,14+,15?. The Kier molecular flexibility index (Phi) is 6.43. The van der Waals surface area contributed by atoms with Gasteiger partial charge in [0.2, 0.25) is 0 Å². The summed E-state index contributed by atoms with van der Waals surface area (Å²) in [6, 6.07) is 4.51. The smallest absolute Gasteiger partial charge is 0.263 e. The van der Waals surface area contributed by atoms with Crippen LogP contribution in [0.3, 0.4) is 0 Å². The van der Waals surface area contributed by atoms with Crippen molar-refractivity contribution in [2.24, 2.45) is 11.8 Å². The zero-order valence-electron chi connectivity index (χ0n) is 18.4. The lowest BCUT2D eigenvalue weighted by atomic mass is 10.0. The van der Waals surface area contributed by atoms with Crippen LogP contribution < -0.4 is 10.6 Å². The minimum absolute atomic E-state index is 0.281. The maximum Gasteiger partial charge on any atom is 0.263 e. The van der Waals surface area contributed by atoms with Crippen LogP contribution in [0.1, 0.15) is 28.9 Å². The molecule has 1 saturated heterocycles. The van der Waals surface area contributed by atoms with Crippen LogP contribution in [0.2, 0.25) is 0 Å². The molecule has 3 atom stereocenters. The normalized spacial score (nSPS) is 22.2. The Morgan fingerprint density at radius 1 is 1.29 bits per heavy atom. The van der Waals surface area contributed by atoms with Crippen molar-refractivity contribution < 1.29 is 13.6 Å². The fraction of sp³-hybridized carbons (Fsp3) is 0.478. The molecule has 0 aromatic carbocycles. The number of likely N-dealkylation sites (tertiary alicyclic amines) is 1. The highest BCUT2D eigenvalue weighted by molar-refractivity contribution is 7.17. The third-order valence-corrected chi connectivity index (χ3v) is 7.71. The average molecular weight is 486 g/mol. The van der Waals surface area contributed by atoms with Crippen molar-refractivity contribution in [2.75, 3.05) is 31.5 Å². The van der Waals surface area contributed by atoms with E-state index in [1.165, 1.54) is 6.20 Å². The molecule has 178 valence electrons. The van der Waals surface area contributed by atoms with Gasteiger partial charge < -0.3 is 20.5 Å². The molecule has 1 unspecified atom stereocenters. The predicted octanol–water partition coefficient (Wildman–Crippen LogP) is 3.72. The number of nitriles is 1. The van der Waals surface area contributed by atoms with Gasteiger partial charge in [-0.2, -0.15) is 5.26 Å². The highest BCUT2D eigenvalue weighted by Gasteiger charge is 2.40. The fourth-order valence-electron chi connectivity index (χ4n) is 5.20. The van der Waals surface area contributed by atoms with Gasteiger partial charge in [0.15, 0.2) is 0 Å². The minimum Gasteiger partial charge on any atom is -0.381 e. The van der Waals surface area contributed by atoms with Gasteiger partial charge in [-0.15, -0.1) is 11.3 Å². The summed E-state index contributed by atoms with van der Waals surface area (Å²) in [5.74, 6) is 0.681. The van der Waals surface area contributed by atoms with E-state index in [2.05, 4.69) is 36.6 Å². The van der Waals surface area contributed by atoms with Gasteiger partial charge in [0.1, 0.15) is 15.5 Å². The van der Waals surface area contributed by atoms with Crippen LogP contribution >= 0.6 is 11.3 Å². The summed E-state index contributed by atoms with van der Waals surface area (Å²) in [4.78, 5) is 26.9. The van der Waals surface area contributed by atoms with Gasteiger partial charge in [-0.25, -0.2) is 18.7 Å². The summed E-state index contributed by atoms with van der Waals surface area (Å²) < 4.78 is 24.9. The number of rotatable bonds is 8. The molecule has 11 heteroatoms. The zero-order chi connectivity index (χ0) is 23.7. The number of nitrogens with zero attached hydrogens (tertiary/aromatic N) is 4. The van der Waals surface area contributed by atoms with E-state index in [4.69, 9.17) is 5.26 Å². The van der Waals surface area contributed by atoms with Crippen molar-refractivity contribution in [1.29, 1.82) is 5.26 Å². The number of carbonyl (C=O) groups is 1. The number of carbonyl (C=O) groups excluding carboxylic acids is 1. The van der Waals surface area contributed by atoms with Gasteiger partial charge in [0.05, 0.1) is 30.1 Å². The number of fused-ring (bicyclic) bond motifs is 2. The van der Waals surface area contributed by atoms with Crippen molar-refractivity contribution in [1.82, 2.24) is 25.2 Å². The first-order valence-electron chi connectivity index (χ1n) is 11.4. The van der Waals surface area contributed by atoms with Crippen molar-refractivity contribution in [3.8, 4) is 16.6 Å². The number of H-pyrrole nitrogens is 1. The number of aromatic amines is 1. The first-order valence-corrected chi connectivity index (χ1v) is 12.2. The number of alkyl halides is 2. The molecule has 8 nitrogen and oxygen atoms in total. The number of anilines is 1. The monoisotopic (exact) mass is 485 g/mol. The highest BCUT2D eigenvalue weighted by atomic mass is 32.1. The lowest BCUT2D eigenvalue weighted by molar-refractivity contribution is 0.0895. The van der Waals surface area contributed by atoms with Crippen molar-refractivity contribution in [3.63, 3.8) is 0 Å². The quantitative estimate of drug-likeness (QED) is 0.449. The van der Waals surface area contributed by atoms with Gasteiger partial charge in [-0.3, -0.25) is 4.79 Å². The van der Waals surface area contributed by atoms with Crippen LogP contribution in [-0.4, -0.2) is 64.4 Å². The number of aromatic nitrogens is 3. The molecule has 0 radical (unpaired) electrons. The molecule has 1 amide bonds. The molecule has 3 aromatic heterocycles. The number of pyridine rings is 1. The number of hydrogen-bond acceptors (Lipinski definition) is 7. The van der Waals surface area contributed by atoms with Gasteiger partial charge in [0, 0.05) is 49.9 Å². The molecule has 4 heterocycles. The fourth-order valence-corrected chi connectivity index (χ4v) is 6.04. The van der Waals surface area contributed by atoms with Gasteiger partial charge in [-0.05, 0) is 30.7 Å². The van der Waals surface area contributed by atoms with Gasteiger partial charge in [0.25, 0.3) is 12.3 Å². The van der Waals surface area contributed by atoms with E-state index in [-0.39, 0.29) is 4.88 Å². The van der Waals surface area contributed by atoms with Crippen LogP contribution in [-0.2, 0) is 0 Å². The Morgan fingerprint density at radius 3 is 2.82 bits per heavy atom. The van der Waals surface area contributed by atoms with E-state index in [1.54, 1.807) is 6.20 Å². The molecular formula is C23H25F2N7OS. The van der Waals surface area contributed by atoms with E-state index in [1.807, 2.05) is 12.3 Å². The number of hydrogen-bond donors (Lipinski definition) is 3. The van der Waals surface area contributed by atoms with Crippen molar-refractivity contribution in [2.45, 2.75) is 31.7 Å². The Balaban J connectivity index is 1.35. The van der Waals surface area contributed by atoms with Gasteiger partial charge in [-0.1, -0.05) is 0 Å². The molecule has 5 rings (SSSR count). The predicted molar refractivity (Wildman–Crippen MR) is 126 cm³/mol. The molecular weight excluding hydrogens is 460 g/mol. The van der Waals surface area contributed by atoms with E-state index < -0.39 is 18.9 Å². The summed E-state index contributed by atoms with van der Waals surface area (Å²) in [6.45, 7) is 2.23. The van der Waals surface area contributed by atoms with E-state index in [0.717, 1.165) is 66.1 Å². The SMILES string of the molecule is N#CCCN1C[C@H]2CC(Nc3c(-c4ncc(C(=O)NCC(F)F)s4)cnc4[nH]ccc34)C[C@H]2C1. The van der Waals surface area contributed by atoms with Crippen LogP contribution in [0, 0.1) is 23.2 Å². The minimum atomic E-state index is -2.60. The molecule has 2 aliphatic rings. The van der Waals surface area contributed by atoms with Crippen LogP contribution in [0.15, 0.2) is 24.7 Å². The van der Waals surface area contributed by atoms with Crippen LogP contribution in [0.5, 0.6) is 0 Å². The lowest BCUT2D eigenvalue weighted by Crippen LogP contribution is -2.27. The molecule has 1 saturated carbocycles. The van der Waals surface area contributed by atoms with E-state index in [0.29, 0.717) is 29.3 Å². The largest absolute Gasteiger partial charge is 0.381 e. The second-order valence-corrected chi connectivity index (χ2v) is 9.95. The van der Waals surface area contributed by atoms with Crippen LogP contribution in [0.4, 0.5) is 14.5 Å². The molecule has 0 bridgehead atoms. The Labute approximate surface area is 199 Å². The Bertz CT molecular complexity index is 1210. The number of amides is 1. The summed E-state index contributed by atoms with van der Waals surface area (Å²) in [5, 5.41) is 16.4. The van der Waals surface area contributed by atoms with E-state index >= 15 is 0 Å². The van der Waals surface area contributed by atoms with Crippen LogP contribution in [0.25, 0.3) is 21.6 Å². The maximum atomic E-state index is 12.4. The second kappa shape index (κ2) is 9.64. The Hall–Kier alpha value is -3.10. The number of thiazole rings is 1. The molecule has 1 aliphatic carbocycles. The first-order chi connectivity index (χ1) is 16.5. The molecule has 3 aromatic rings. The molecule has 0 spiro atoms. The summed E-state index contributed by atoms with van der Waals surface area (Å²) in [6.07, 6.45) is 5.08. The lowest BCUT2D eigenvalue weighted by Gasteiger charge is -2.21. The average Bonchev–Trinajstić information content (AvgIpc) is 3.59. The topological polar surface area (TPSA) is 110 Å². The third-order valence-electron chi connectivity index (χ3n) is 6.68. The van der Waals surface area contributed by atoms with Gasteiger partial charge >= 0.3 is 0 Å². The first kappa shape index (κ1) is 22.7. The maximum absolute atomic E-state index is 12.4. The molecule has 2 fully saturated rings. The number of nitrogens with one attached hydrogen (secondary N) is 3. The summed E-state index contributed by atoms with van der Waals surface area (Å²) >= 11 is 1.16. The Morgan fingerprint density at radius 2 is 2.09 bits per heavy atom. The molecule has 1 aliphatic heterocycles. The summed E-state index contributed by atoms with van der Waals surface area (Å²) in [5.41, 5.74) is 2.47. The highest BCUT2D eigenvalue weighted by Crippen LogP contribution is 2.42. The second-order valence-electron chi connectivity index (χ2n) is 8.92. The zero-order valence-corrected chi connectivity index (χ0v) is 19.2. The molecule has 3 N–H and O–H groups in total. The summed E-state index contributed by atoms with van der Waals surface area (Å²) in [7, 11) is 0. The number of halogens is 2. The van der Waals surface area contributed by atoms with E-state index in [9.17, 15) is 13.6 Å². The van der Waals surface area contributed by atoms with Crippen molar-refractivity contribution in [3.05, 3.63) is 29.5 Å². The third kappa shape index (κ3) is 4.60. The molecule has 34 heavy (non-hydrogen) atoms.